The summed E-state index contributed by atoms with van der Waals surface area (Å²) in [5.41, 5.74) is -1.09. The number of nitrogens with zero attached hydrogens (tertiary/aromatic N) is 1. The molecule has 2 amide bonds. The van der Waals surface area contributed by atoms with E-state index in [4.69, 9.17) is 33.8 Å². The number of hydrogen-bond acceptors (Lipinski definition) is 10. The topological polar surface area (TPSA) is 216 Å². The summed E-state index contributed by atoms with van der Waals surface area (Å²) in [5.74, 6) is -3.26. The first-order valence-corrected chi connectivity index (χ1v) is 13.8. The standard InChI is InChI=1S/C19H27NO14P2/c1-11(2)18(23)31-10-19-5-4-13(34-19)14-15(19)17(22)20(16(14)21)6-3-7-30-12(8-32-35(24,25)26)9-33-36(27,28)29/h4-5,12-15H,1,3,6-10H2,2H3,(H2,24,25,26)(H2,27,28,29). The highest BCUT2D eigenvalue weighted by Crippen LogP contribution is 2.52. The van der Waals surface area contributed by atoms with E-state index in [1.165, 1.54) is 6.92 Å². The van der Waals surface area contributed by atoms with E-state index in [0.717, 1.165) is 4.90 Å². The molecule has 3 heterocycles. The summed E-state index contributed by atoms with van der Waals surface area (Å²) in [6.07, 6.45) is 1.47. The first-order valence-electron chi connectivity index (χ1n) is 10.7. The van der Waals surface area contributed by atoms with Gasteiger partial charge < -0.3 is 33.8 Å². The molecule has 0 aliphatic carbocycles. The Morgan fingerprint density at radius 2 is 1.78 bits per heavy atom. The van der Waals surface area contributed by atoms with Crippen molar-refractivity contribution in [1.82, 2.24) is 4.90 Å². The largest absolute Gasteiger partial charge is 0.469 e. The molecule has 0 radical (unpaired) electrons. The number of phosphoric ester groups is 2. The number of phosphoric acid groups is 2. The van der Waals surface area contributed by atoms with Crippen molar-refractivity contribution in [2.24, 2.45) is 11.8 Å². The number of imide groups is 1. The molecule has 0 aromatic rings. The van der Waals surface area contributed by atoms with Gasteiger partial charge in [-0.1, -0.05) is 12.7 Å². The molecule has 4 atom stereocenters. The molecule has 15 nitrogen and oxygen atoms in total. The van der Waals surface area contributed by atoms with Crippen LogP contribution in [0.2, 0.25) is 0 Å². The van der Waals surface area contributed by atoms with E-state index < -0.39 is 76.3 Å². The summed E-state index contributed by atoms with van der Waals surface area (Å²) < 4.78 is 46.8. The van der Waals surface area contributed by atoms with Gasteiger partial charge in [0.2, 0.25) is 11.8 Å². The van der Waals surface area contributed by atoms with Crippen LogP contribution in [0.5, 0.6) is 0 Å². The molecule has 3 aliphatic rings. The average Bonchev–Trinajstić information content (AvgIpc) is 3.40. The summed E-state index contributed by atoms with van der Waals surface area (Å²) in [5, 5.41) is 0. The maximum absolute atomic E-state index is 13.1. The first kappa shape index (κ1) is 28.8. The molecule has 2 saturated heterocycles. The van der Waals surface area contributed by atoms with Crippen molar-refractivity contribution in [2.45, 2.75) is 31.2 Å². The minimum absolute atomic E-state index is 0.0650. The smallest absolute Gasteiger partial charge is 0.459 e. The molecule has 17 heteroatoms. The quantitative estimate of drug-likeness (QED) is 0.0526. The van der Waals surface area contributed by atoms with Gasteiger partial charge in [0.1, 0.15) is 18.3 Å². The van der Waals surface area contributed by atoms with Crippen molar-refractivity contribution >= 4 is 33.4 Å². The average molecular weight is 555 g/mol. The van der Waals surface area contributed by atoms with Gasteiger partial charge in [0.05, 0.1) is 31.2 Å². The second-order valence-electron chi connectivity index (χ2n) is 8.50. The van der Waals surface area contributed by atoms with Crippen molar-refractivity contribution in [1.29, 1.82) is 0 Å². The number of likely N-dealkylation sites (tertiary alicyclic amines) is 1. The summed E-state index contributed by atoms with van der Waals surface area (Å²) in [6.45, 7) is 3.03. The lowest BCUT2D eigenvalue weighted by Crippen LogP contribution is -2.44. The van der Waals surface area contributed by atoms with Crippen LogP contribution in [0, 0.1) is 11.8 Å². The van der Waals surface area contributed by atoms with Crippen LogP contribution in [-0.4, -0.2) is 93.0 Å². The number of fused-ring (bicyclic) bond motifs is 5. The van der Waals surface area contributed by atoms with Crippen molar-refractivity contribution in [2.75, 3.05) is 33.0 Å². The highest BCUT2D eigenvalue weighted by Gasteiger charge is 2.67. The molecule has 202 valence electrons. The Kier molecular flexibility index (Phi) is 8.73. The van der Waals surface area contributed by atoms with Gasteiger partial charge in [-0.2, -0.15) is 0 Å². The Balaban J connectivity index is 1.56. The monoisotopic (exact) mass is 555 g/mol. The predicted octanol–water partition coefficient (Wildman–Crippen LogP) is -0.592. The van der Waals surface area contributed by atoms with E-state index in [1.807, 2.05) is 0 Å². The lowest BCUT2D eigenvalue weighted by molar-refractivity contribution is -0.153. The molecule has 36 heavy (non-hydrogen) atoms. The normalized spacial score (nSPS) is 27.3. The van der Waals surface area contributed by atoms with Gasteiger partial charge in [-0.25, -0.2) is 13.9 Å². The van der Waals surface area contributed by atoms with Gasteiger partial charge in [-0.3, -0.25) is 23.5 Å². The molecule has 2 bridgehead atoms. The van der Waals surface area contributed by atoms with Crippen LogP contribution in [0.1, 0.15) is 13.3 Å². The molecule has 0 saturated carbocycles. The zero-order valence-corrected chi connectivity index (χ0v) is 20.9. The lowest BCUT2D eigenvalue weighted by Gasteiger charge is -2.28. The third-order valence-electron chi connectivity index (χ3n) is 5.76. The maximum Gasteiger partial charge on any atom is 0.469 e. The predicted molar refractivity (Wildman–Crippen MR) is 117 cm³/mol. The van der Waals surface area contributed by atoms with Crippen LogP contribution in [0.4, 0.5) is 0 Å². The summed E-state index contributed by atoms with van der Waals surface area (Å²) in [4.78, 5) is 74.2. The number of hydrogen-bond donors (Lipinski definition) is 4. The van der Waals surface area contributed by atoms with Gasteiger partial charge in [0.15, 0.2) is 0 Å². The van der Waals surface area contributed by atoms with Gasteiger partial charge in [-0.15, -0.1) is 0 Å². The van der Waals surface area contributed by atoms with E-state index in [9.17, 15) is 23.5 Å². The van der Waals surface area contributed by atoms with Crippen molar-refractivity contribution < 1.29 is 66.3 Å². The minimum atomic E-state index is -4.88. The Morgan fingerprint density at radius 3 is 2.33 bits per heavy atom. The van der Waals surface area contributed by atoms with Crippen LogP contribution in [0.15, 0.2) is 24.3 Å². The van der Waals surface area contributed by atoms with Gasteiger partial charge >= 0.3 is 21.6 Å². The van der Waals surface area contributed by atoms with E-state index >= 15 is 0 Å². The molecule has 0 aromatic heterocycles. The second kappa shape index (κ2) is 10.9. The number of carbonyl (C=O) groups is 3. The molecular formula is C19H27NO14P2. The lowest BCUT2D eigenvalue weighted by atomic mass is 9.77. The first-order chi connectivity index (χ1) is 16.6. The number of rotatable bonds is 14. The van der Waals surface area contributed by atoms with E-state index in [0.29, 0.717) is 0 Å². The van der Waals surface area contributed by atoms with Gasteiger partial charge in [0.25, 0.3) is 0 Å². The van der Waals surface area contributed by atoms with Gasteiger partial charge in [-0.05, 0) is 19.4 Å². The number of ether oxygens (including phenoxy) is 3. The Morgan fingerprint density at radius 1 is 1.17 bits per heavy atom. The van der Waals surface area contributed by atoms with Crippen LogP contribution in [-0.2, 0) is 46.8 Å². The highest BCUT2D eigenvalue weighted by atomic mass is 31.2. The number of carbonyl (C=O) groups excluding carboxylic acids is 3. The fraction of sp³-hybridized carbons (Fsp3) is 0.632. The summed E-state index contributed by atoms with van der Waals surface area (Å²) >= 11 is 0. The van der Waals surface area contributed by atoms with Crippen LogP contribution in [0.25, 0.3) is 0 Å². The van der Waals surface area contributed by atoms with Crippen molar-refractivity contribution in [3.8, 4) is 0 Å². The summed E-state index contributed by atoms with van der Waals surface area (Å²) in [7, 11) is -9.76. The zero-order chi connectivity index (χ0) is 26.9. The van der Waals surface area contributed by atoms with Crippen LogP contribution < -0.4 is 0 Å². The molecule has 4 unspecified atom stereocenters. The van der Waals surface area contributed by atoms with Crippen molar-refractivity contribution in [3.63, 3.8) is 0 Å². The Bertz CT molecular complexity index is 1010. The van der Waals surface area contributed by atoms with Crippen LogP contribution in [0.3, 0.4) is 0 Å². The maximum atomic E-state index is 13.1. The highest BCUT2D eigenvalue weighted by molar-refractivity contribution is 7.46. The third kappa shape index (κ3) is 6.75. The molecule has 3 rings (SSSR count). The molecule has 2 fully saturated rings. The van der Waals surface area contributed by atoms with E-state index in [1.54, 1.807) is 12.2 Å². The third-order valence-corrected chi connectivity index (χ3v) is 6.73. The molecule has 0 aromatic carbocycles. The Hall–Kier alpha value is -1.77. The van der Waals surface area contributed by atoms with Crippen molar-refractivity contribution in [3.05, 3.63) is 24.3 Å². The zero-order valence-electron chi connectivity index (χ0n) is 19.1. The molecule has 3 aliphatic heterocycles. The Labute approximate surface area is 205 Å². The fourth-order valence-electron chi connectivity index (χ4n) is 4.23. The fourth-order valence-corrected chi connectivity index (χ4v) is 4.95. The van der Waals surface area contributed by atoms with E-state index in [-0.39, 0.29) is 31.8 Å². The van der Waals surface area contributed by atoms with Crippen LogP contribution >= 0.6 is 15.6 Å². The van der Waals surface area contributed by atoms with E-state index in [2.05, 4.69) is 15.6 Å². The second-order valence-corrected chi connectivity index (χ2v) is 11.0. The summed E-state index contributed by atoms with van der Waals surface area (Å²) in [6, 6.07) is 0. The number of amides is 2. The molecule has 4 N–H and O–H groups in total. The molecular weight excluding hydrogens is 528 g/mol. The number of esters is 1. The van der Waals surface area contributed by atoms with Gasteiger partial charge in [0, 0.05) is 18.7 Å². The SMILES string of the molecule is C=C(C)C(=O)OCC12C=CC(O1)C1C(=O)N(CCCOC(COP(=O)(O)O)COP(=O)(O)O)C(=O)C12. The minimum Gasteiger partial charge on any atom is -0.459 e. The molecule has 0 spiro atoms.